The van der Waals surface area contributed by atoms with Gasteiger partial charge in [-0.05, 0) is 38.3 Å². The average molecular weight is 473 g/mol. The highest BCUT2D eigenvalue weighted by Crippen LogP contribution is 2.09. The van der Waals surface area contributed by atoms with E-state index in [1.807, 2.05) is 12.1 Å². The summed E-state index contributed by atoms with van der Waals surface area (Å²) < 4.78 is 7.69. The zero-order valence-corrected chi connectivity index (χ0v) is 18.6. The number of fused-ring (bicyclic) bond motifs is 1. The molecule has 7 heteroatoms. The summed E-state index contributed by atoms with van der Waals surface area (Å²) in [5, 5.41) is 6.62. The SMILES string of the molecule is CCNC(=NCc1cn2c(C)cccc2n1)NCCCOCC(C)C.I. The van der Waals surface area contributed by atoms with Crippen LogP contribution in [-0.4, -0.2) is 41.6 Å². The van der Waals surface area contributed by atoms with Crippen LogP contribution in [0.3, 0.4) is 0 Å². The van der Waals surface area contributed by atoms with Gasteiger partial charge in [0.05, 0.1) is 12.2 Å². The molecule has 0 bridgehead atoms. The van der Waals surface area contributed by atoms with Gasteiger partial charge >= 0.3 is 0 Å². The summed E-state index contributed by atoms with van der Waals surface area (Å²) in [6.07, 6.45) is 3.02. The van der Waals surface area contributed by atoms with E-state index in [4.69, 9.17) is 4.74 Å². The van der Waals surface area contributed by atoms with Crippen molar-refractivity contribution in [2.45, 2.75) is 40.7 Å². The Labute approximate surface area is 173 Å². The molecule has 0 saturated carbocycles. The fourth-order valence-corrected chi connectivity index (χ4v) is 2.48. The minimum atomic E-state index is 0. The normalized spacial score (nSPS) is 11.7. The van der Waals surface area contributed by atoms with Crippen LogP contribution in [0.15, 0.2) is 29.4 Å². The smallest absolute Gasteiger partial charge is 0.191 e. The van der Waals surface area contributed by atoms with Crippen molar-refractivity contribution >= 4 is 35.6 Å². The van der Waals surface area contributed by atoms with Crippen LogP contribution in [-0.2, 0) is 11.3 Å². The highest BCUT2D eigenvalue weighted by Gasteiger charge is 2.03. The van der Waals surface area contributed by atoms with E-state index in [0.29, 0.717) is 12.5 Å². The molecule has 0 amide bonds. The van der Waals surface area contributed by atoms with Crippen LogP contribution in [0.2, 0.25) is 0 Å². The Morgan fingerprint density at radius 2 is 2.12 bits per heavy atom. The second kappa shape index (κ2) is 12.1. The lowest BCUT2D eigenvalue weighted by molar-refractivity contribution is 0.108. The van der Waals surface area contributed by atoms with Gasteiger partial charge in [-0.25, -0.2) is 9.98 Å². The van der Waals surface area contributed by atoms with Crippen LogP contribution in [0.4, 0.5) is 0 Å². The van der Waals surface area contributed by atoms with Crippen molar-refractivity contribution in [1.29, 1.82) is 0 Å². The maximum Gasteiger partial charge on any atom is 0.191 e. The summed E-state index contributed by atoms with van der Waals surface area (Å²) in [5.41, 5.74) is 3.10. The van der Waals surface area contributed by atoms with Gasteiger partial charge in [-0.15, -0.1) is 24.0 Å². The minimum absolute atomic E-state index is 0. The molecular formula is C19H32IN5O. The Morgan fingerprint density at radius 1 is 1.31 bits per heavy atom. The standard InChI is InChI=1S/C19H31N5O.HI/c1-5-20-19(21-10-7-11-25-14-15(2)3)22-12-17-13-24-16(4)8-6-9-18(24)23-17;/h6,8-9,13,15H,5,7,10-12,14H2,1-4H3,(H2,20,21,22);1H. The lowest BCUT2D eigenvalue weighted by Gasteiger charge is -2.11. The van der Waals surface area contributed by atoms with Crippen LogP contribution >= 0.6 is 24.0 Å². The molecule has 146 valence electrons. The number of aromatic nitrogens is 2. The largest absolute Gasteiger partial charge is 0.381 e. The van der Waals surface area contributed by atoms with E-state index in [2.05, 4.69) is 65.0 Å². The van der Waals surface area contributed by atoms with Crippen molar-refractivity contribution < 1.29 is 4.74 Å². The van der Waals surface area contributed by atoms with Gasteiger partial charge in [-0.2, -0.15) is 0 Å². The first-order valence-corrected chi connectivity index (χ1v) is 9.13. The quantitative estimate of drug-likeness (QED) is 0.254. The number of nitrogens with one attached hydrogen (secondary N) is 2. The van der Waals surface area contributed by atoms with E-state index in [-0.39, 0.29) is 24.0 Å². The maximum atomic E-state index is 5.60. The number of pyridine rings is 1. The van der Waals surface area contributed by atoms with Gasteiger partial charge in [-0.1, -0.05) is 19.9 Å². The van der Waals surface area contributed by atoms with Crippen molar-refractivity contribution in [3.63, 3.8) is 0 Å². The van der Waals surface area contributed by atoms with Gasteiger partial charge in [0.1, 0.15) is 5.65 Å². The van der Waals surface area contributed by atoms with Gasteiger partial charge in [-0.3, -0.25) is 0 Å². The third-order valence-electron chi connectivity index (χ3n) is 3.70. The summed E-state index contributed by atoms with van der Waals surface area (Å²) in [7, 11) is 0. The van der Waals surface area contributed by atoms with E-state index in [0.717, 1.165) is 50.0 Å². The molecule has 2 N–H and O–H groups in total. The molecule has 0 aliphatic rings. The van der Waals surface area contributed by atoms with Gasteiger partial charge in [0.25, 0.3) is 0 Å². The second-order valence-corrected chi connectivity index (χ2v) is 6.57. The third-order valence-corrected chi connectivity index (χ3v) is 3.70. The number of halogens is 1. The first-order chi connectivity index (χ1) is 12.1. The van der Waals surface area contributed by atoms with Crippen LogP contribution in [0.5, 0.6) is 0 Å². The fourth-order valence-electron chi connectivity index (χ4n) is 2.48. The number of hydrogen-bond donors (Lipinski definition) is 2. The number of rotatable bonds is 9. The number of aliphatic imine (C=N–C) groups is 1. The summed E-state index contributed by atoms with van der Waals surface area (Å²) >= 11 is 0. The van der Waals surface area contributed by atoms with Crippen LogP contribution in [0.1, 0.15) is 38.6 Å². The van der Waals surface area contributed by atoms with Gasteiger partial charge in [0.2, 0.25) is 0 Å². The highest BCUT2D eigenvalue weighted by atomic mass is 127. The lowest BCUT2D eigenvalue weighted by Crippen LogP contribution is -2.38. The number of aryl methyl sites for hydroxylation is 1. The Hall–Kier alpha value is -1.35. The average Bonchev–Trinajstić information content (AvgIpc) is 3.00. The van der Waals surface area contributed by atoms with Crippen molar-refractivity contribution in [3.8, 4) is 0 Å². The summed E-state index contributed by atoms with van der Waals surface area (Å²) in [6.45, 7) is 12.3. The summed E-state index contributed by atoms with van der Waals surface area (Å²) in [5.74, 6) is 1.40. The van der Waals surface area contributed by atoms with Crippen molar-refractivity contribution in [1.82, 2.24) is 20.0 Å². The van der Waals surface area contributed by atoms with Gasteiger partial charge in [0, 0.05) is 38.2 Å². The number of guanidine groups is 1. The molecule has 0 aliphatic carbocycles. The molecule has 2 heterocycles. The Morgan fingerprint density at radius 3 is 2.81 bits per heavy atom. The second-order valence-electron chi connectivity index (χ2n) is 6.57. The summed E-state index contributed by atoms with van der Waals surface area (Å²) in [4.78, 5) is 9.26. The topological polar surface area (TPSA) is 63.0 Å². The minimum Gasteiger partial charge on any atom is -0.381 e. The highest BCUT2D eigenvalue weighted by molar-refractivity contribution is 14.0. The molecule has 0 unspecified atom stereocenters. The van der Waals surface area contributed by atoms with E-state index >= 15 is 0 Å². The predicted octanol–water partition coefficient (Wildman–Crippen LogP) is 3.38. The molecule has 0 radical (unpaired) electrons. The zero-order valence-electron chi connectivity index (χ0n) is 16.3. The molecule has 6 nitrogen and oxygen atoms in total. The molecule has 0 spiro atoms. The first-order valence-electron chi connectivity index (χ1n) is 9.13. The van der Waals surface area contributed by atoms with Gasteiger partial charge < -0.3 is 19.8 Å². The summed E-state index contributed by atoms with van der Waals surface area (Å²) in [6, 6.07) is 6.12. The molecule has 0 aromatic carbocycles. The van der Waals surface area contributed by atoms with E-state index in [9.17, 15) is 0 Å². The Kier molecular flexibility index (Phi) is 10.6. The Bertz CT molecular complexity index is 684. The van der Waals surface area contributed by atoms with E-state index in [1.165, 1.54) is 5.69 Å². The number of hydrogen-bond acceptors (Lipinski definition) is 3. The van der Waals surface area contributed by atoms with Crippen LogP contribution in [0, 0.1) is 12.8 Å². The predicted molar refractivity (Wildman–Crippen MR) is 118 cm³/mol. The number of imidazole rings is 1. The maximum absolute atomic E-state index is 5.60. The molecular weight excluding hydrogens is 441 g/mol. The zero-order chi connectivity index (χ0) is 18.1. The fraction of sp³-hybridized carbons (Fsp3) is 0.579. The number of ether oxygens (including phenoxy) is 1. The molecule has 0 aliphatic heterocycles. The van der Waals surface area contributed by atoms with Crippen molar-refractivity contribution in [2.24, 2.45) is 10.9 Å². The molecule has 2 rings (SSSR count). The Balaban J connectivity index is 0.00000338. The van der Waals surface area contributed by atoms with Crippen LogP contribution < -0.4 is 10.6 Å². The lowest BCUT2D eigenvalue weighted by atomic mass is 10.2. The monoisotopic (exact) mass is 473 g/mol. The van der Waals surface area contributed by atoms with Crippen molar-refractivity contribution in [2.75, 3.05) is 26.3 Å². The van der Waals surface area contributed by atoms with Crippen molar-refractivity contribution in [3.05, 3.63) is 35.8 Å². The molecule has 2 aromatic rings. The molecule has 2 aromatic heterocycles. The first kappa shape index (κ1) is 22.7. The third kappa shape index (κ3) is 7.49. The van der Waals surface area contributed by atoms with Gasteiger partial charge in [0.15, 0.2) is 5.96 Å². The molecule has 0 saturated heterocycles. The molecule has 0 fully saturated rings. The molecule has 26 heavy (non-hydrogen) atoms. The number of nitrogens with zero attached hydrogens (tertiary/aromatic N) is 3. The van der Waals surface area contributed by atoms with E-state index < -0.39 is 0 Å². The molecule has 0 atom stereocenters. The van der Waals surface area contributed by atoms with E-state index in [1.54, 1.807) is 0 Å². The van der Waals surface area contributed by atoms with Crippen LogP contribution in [0.25, 0.3) is 5.65 Å².